The van der Waals surface area contributed by atoms with Crippen LogP contribution in [0, 0.1) is 0 Å². The van der Waals surface area contributed by atoms with Crippen molar-refractivity contribution in [1.82, 2.24) is 0 Å². The van der Waals surface area contributed by atoms with Crippen molar-refractivity contribution in [3.05, 3.63) is 0 Å². The van der Waals surface area contributed by atoms with Crippen LogP contribution in [0.25, 0.3) is 0 Å². The molecule has 1 atom stereocenters. The summed E-state index contributed by atoms with van der Waals surface area (Å²) in [6.07, 6.45) is 0. The minimum atomic E-state index is -1.87. The van der Waals surface area contributed by atoms with Gasteiger partial charge in [0, 0.05) is 0 Å². The molecular weight excluding hydrogens is 113 g/mol. The molecular formula is C3H11NO2P+. The molecule has 0 aliphatic rings. The Morgan fingerprint density at radius 3 is 1.86 bits per heavy atom. The Morgan fingerprint density at radius 2 is 1.86 bits per heavy atom. The monoisotopic (exact) mass is 124 g/mol. The highest BCUT2D eigenvalue weighted by atomic mass is 31.1. The first-order valence-corrected chi connectivity index (χ1v) is 3.60. The van der Waals surface area contributed by atoms with Crippen molar-refractivity contribution in [1.29, 1.82) is 0 Å². The molecule has 0 rings (SSSR count). The molecule has 0 aromatic rings. The fourth-order valence-corrected chi connectivity index (χ4v) is 0. The van der Waals surface area contributed by atoms with E-state index in [1.165, 1.54) is 6.66 Å². The molecule has 0 amide bonds. The minimum Gasteiger partial charge on any atom is -0.331 e. The summed E-state index contributed by atoms with van der Waals surface area (Å²) in [5, 5.41) is 0. The lowest BCUT2D eigenvalue weighted by molar-refractivity contribution is 0.509. The molecule has 1 unspecified atom stereocenters. The van der Waals surface area contributed by atoms with E-state index in [1.54, 1.807) is 0 Å². The third-order valence-corrected chi connectivity index (χ3v) is 0. The van der Waals surface area contributed by atoms with Crippen LogP contribution in [0.1, 0.15) is 6.92 Å². The first-order valence-electron chi connectivity index (χ1n) is 1.95. The Labute approximate surface area is 44.4 Å². The fourth-order valence-electron chi connectivity index (χ4n) is 0. The summed E-state index contributed by atoms with van der Waals surface area (Å²) < 4.78 is 9.15. The maximum Gasteiger partial charge on any atom is 0.502 e. The quantitative estimate of drug-likeness (QED) is 0.457. The van der Waals surface area contributed by atoms with Crippen LogP contribution >= 0.6 is 8.03 Å². The molecule has 0 fully saturated rings. The zero-order valence-electron chi connectivity index (χ0n) is 4.59. The van der Waals surface area contributed by atoms with Crippen LogP contribution in [0.4, 0.5) is 0 Å². The average molecular weight is 124 g/mol. The van der Waals surface area contributed by atoms with E-state index < -0.39 is 8.03 Å². The van der Waals surface area contributed by atoms with Crippen molar-refractivity contribution in [2.75, 3.05) is 13.2 Å². The van der Waals surface area contributed by atoms with Gasteiger partial charge in [-0.1, -0.05) is 6.92 Å². The van der Waals surface area contributed by atoms with Gasteiger partial charge in [-0.25, -0.2) is 0 Å². The van der Waals surface area contributed by atoms with Crippen molar-refractivity contribution in [3.63, 3.8) is 0 Å². The van der Waals surface area contributed by atoms with Crippen molar-refractivity contribution in [2.45, 2.75) is 6.92 Å². The predicted molar refractivity (Wildman–Crippen MR) is 30.5 cm³/mol. The molecule has 0 aliphatic heterocycles. The largest absolute Gasteiger partial charge is 0.502 e. The van der Waals surface area contributed by atoms with Crippen LogP contribution in [-0.2, 0) is 4.57 Å². The highest BCUT2D eigenvalue weighted by molar-refractivity contribution is 7.36. The van der Waals surface area contributed by atoms with Gasteiger partial charge in [0.25, 0.3) is 0 Å². The summed E-state index contributed by atoms with van der Waals surface area (Å²) in [7, 11) is -1.87. The van der Waals surface area contributed by atoms with Gasteiger partial charge < -0.3 is 5.73 Å². The van der Waals surface area contributed by atoms with E-state index in [4.69, 9.17) is 15.2 Å². The zero-order valence-corrected chi connectivity index (χ0v) is 5.48. The number of nitrogens with two attached hydrogens (primary N) is 1. The summed E-state index contributed by atoms with van der Waals surface area (Å²) in [5.74, 6) is 0. The second-order valence-corrected chi connectivity index (χ2v) is 1.80. The zero-order chi connectivity index (χ0) is 6.28. The summed E-state index contributed by atoms with van der Waals surface area (Å²) in [5.41, 5.74) is 4.85. The Kier molecular flexibility index (Phi) is 13.5. The van der Waals surface area contributed by atoms with Gasteiger partial charge in [0.15, 0.2) is 6.66 Å². The van der Waals surface area contributed by atoms with Gasteiger partial charge in [-0.3, -0.25) is 0 Å². The molecule has 0 aliphatic carbocycles. The molecule has 0 heterocycles. The van der Waals surface area contributed by atoms with Crippen molar-refractivity contribution < 1.29 is 9.46 Å². The third kappa shape index (κ3) is 243000. The second-order valence-electron chi connectivity index (χ2n) is 0.872. The average Bonchev–Trinajstić information content (AvgIpc) is 1.33. The highest BCUT2D eigenvalue weighted by Crippen LogP contribution is 1.99. The maximum atomic E-state index is 9.15. The first-order chi connectivity index (χ1) is 3.15. The van der Waals surface area contributed by atoms with Gasteiger partial charge in [0.05, 0.1) is 0 Å². The van der Waals surface area contributed by atoms with Gasteiger partial charge in [-0.05, 0) is 11.1 Å². The summed E-state index contributed by atoms with van der Waals surface area (Å²) >= 11 is 0. The smallest absolute Gasteiger partial charge is 0.331 e. The summed E-state index contributed by atoms with van der Waals surface area (Å²) in [6.45, 7) is 3.88. The topological polar surface area (TPSA) is 63.3 Å². The molecule has 0 radical (unpaired) electrons. The van der Waals surface area contributed by atoms with Crippen LogP contribution in [0.3, 0.4) is 0 Å². The normalized spacial score (nSPS) is 8.86. The molecule has 44 valence electrons. The lowest BCUT2D eigenvalue weighted by atomic mass is 10.8. The Balaban J connectivity index is 0. The standard InChI is InChI=1S/C2H7N.CH3O2P/c1-2-3;1-4(2)3/h2-3H2,1H3;1H3/p+1. The molecule has 0 aromatic carbocycles. The maximum absolute atomic E-state index is 9.15. The van der Waals surface area contributed by atoms with Gasteiger partial charge >= 0.3 is 8.03 Å². The lowest BCUT2D eigenvalue weighted by Crippen LogP contribution is -1.87. The SMILES string of the molecule is CCN.C[P+](=O)O. The van der Waals surface area contributed by atoms with E-state index in [0.29, 0.717) is 0 Å². The Morgan fingerprint density at radius 1 is 1.86 bits per heavy atom. The molecule has 0 saturated heterocycles. The van der Waals surface area contributed by atoms with E-state index in [0.717, 1.165) is 6.54 Å². The first kappa shape index (κ1) is 10.1. The van der Waals surface area contributed by atoms with Crippen LogP contribution in [0.15, 0.2) is 0 Å². The Hall–Kier alpha value is 0.0200. The van der Waals surface area contributed by atoms with Crippen LogP contribution in [0.2, 0.25) is 0 Å². The third-order valence-electron chi connectivity index (χ3n) is 0. The lowest BCUT2D eigenvalue weighted by Gasteiger charge is -1.53. The minimum absolute atomic E-state index is 0.750. The molecule has 7 heavy (non-hydrogen) atoms. The summed E-state index contributed by atoms with van der Waals surface area (Å²) in [4.78, 5) is 7.56. The molecule has 0 aromatic heterocycles. The molecule has 4 heteroatoms. The molecule has 0 spiro atoms. The van der Waals surface area contributed by atoms with Crippen LogP contribution in [-0.4, -0.2) is 18.1 Å². The number of hydrogen-bond acceptors (Lipinski definition) is 2. The van der Waals surface area contributed by atoms with Crippen molar-refractivity contribution >= 4 is 8.03 Å². The van der Waals surface area contributed by atoms with E-state index in [9.17, 15) is 0 Å². The fraction of sp³-hybridized carbons (Fsp3) is 1.00. The van der Waals surface area contributed by atoms with Gasteiger partial charge in [0.1, 0.15) is 0 Å². The van der Waals surface area contributed by atoms with Gasteiger partial charge in [-0.2, -0.15) is 4.89 Å². The Bertz CT molecular complexity index is 44.2. The van der Waals surface area contributed by atoms with E-state index in [-0.39, 0.29) is 0 Å². The van der Waals surface area contributed by atoms with Crippen LogP contribution in [0.5, 0.6) is 0 Å². The molecule has 0 bridgehead atoms. The van der Waals surface area contributed by atoms with Crippen molar-refractivity contribution in [2.24, 2.45) is 5.73 Å². The van der Waals surface area contributed by atoms with E-state index in [1.807, 2.05) is 6.92 Å². The highest BCUT2D eigenvalue weighted by Gasteiger charge is 1.86. The summed E-state index contributed by atoms with van der Waals surface area (Å²) in [6, 6.07) is 0. The second kappa shape index (κ2) is 9.39. The van der Waals surface area contributed by atoms with Crippen molar-refractivity contribution in [3.8, 4) is 0 Å². The number of hydrogen-bond donors (Lipinski definition) is 2. The van der Waals surface area contributed by atoms with E-state index in [2.05, 4.69) is 0 Å². The number of rotatable bonds is 0. The van der Waals surface area contributed by atoms with Gasteiger partial charge in [0.2, 0.25) is 0 Å². The predicted octanol–water partition coefficient (Wildman–Crippen LogP) is 0.316. The molecule has 3 nitrogen and oxygen atoms in total. The van der Waals surface area contributed by atoms with Gasteiger partial charge in [-0.15, -0.1) is 0 Å². The molecule has 0 saturated carbocycles. The molecule has 3 N–H and O–H groups in total. The van der Waals surface area contributed by atoms with Crippen LogP contribution < -0.4 is 5.73 Å². The van der Waals surface area contributed by atoms with E-state index >= 15 is 0 Å².